The van der Waals surface area contributed by atoms with E-state index in [4.69, 9.17) is 9.47 Å². The zero-order chi connectivity index (χ0) is 33.5. The number of hydrogen-bond acceptors (Lipinski definition) is 2. The average molecular weight is 649 g/mol. The third-order valence-corrected chi connectivity index (χ3v) is 10.8. The summed E-state index contributed by atoms with van der Waals surface area (Å²) in [7, 11) is 0. The topological polar surface area (TPSA) is 18.5 Å². The molecule has 0 spiro atoms. The number of benzene rings is 9. The van der Waals surface area contributed by atoms with Crippen molar-refractivity contribution >= 4 is 55.4 Å². The van der Waals surface area contributed by atoms with Gasteiger partial charge < -0.3 is 9.47 Å². The second-order valence-corrected chi connectivity index (χ2v) is 13.5. The molecule has 0 atom stereocenters. The maximum atomic E-state index is 6.64. The molecular weight excluding hydrogens is 619 g/mol. The fraction of sp³-hybridized carbons (Fsp3) is 0. The van der Waals surface area contributed by atoms with Crippen molar-refractivity contribution in [3.8, 4) is 56.4 Å². The van der Waals surface area contributed by atoms with Crippen molar-refractivity contribution in [2.24, 2.45) is 0 Å². The summed E-state index contributed by atoms with van der Waals surface area (Å²) in [6.45, 7) is 0.0586. The van der Waals surface area contributed by atoms with Crippen molar-refractivity contribution in [1.82, 2.24) is 0 Å². The van der Waals surface area contributed by atoms with Crippen LogP contribution in [0.5, 0.6) is 23.0 Å². The minimum Gasteiger partial charge on any atom is -0.458 e. The van der Waals surface area contributed by atoms with Gasteiger partial charge in [0.1, 0.15) is 23.0 Å². The van der Waals surface area contributed by atoms with E-state index in [9.17, 15) is 0 Å². The quantitative estimate of drug-likeness (QED) is 0.140. The summed E-state index contributed by atoms with van der Waals surface area (Å²) in [6.07, 6.45) is 0. The van der Waals surface area contributed by atoms with Crippen LogP contribution in [0.25, 0.3) is 65.7 Å². The minimum atomic E-state index is 0.0586. The van der Waals surface area contributed by atoms with Crippen LogP contribution >= 0.6 is 0 Å². The van der Waals surface area contributed by atoms with E-state index in [1.165, 1.54) is 60.0 Å². The molecule has 0 saturated carbocycles. The van der Waals surface area contributed by atoms with E-state index in [1.807, 2.05) is 18.2 Å². The molecule has 11 rings (SSSR count). The van der Waals surface area contributed by atoms with Gasteiger partial charge in [0.2, 0.25) is 0 Å². The SMILES string of the molecule is c1cc(-c2ccc3c(c2)Oc2cccc4c2B3c2ccccc2O4)cc(-c2c3ccccc3c(-c3cccc4ccccc34)c3ccccc23)c1. The molecule has 2 aliphatic rings. The summed E-state index contributed by atoms with van der Waals surface area (Å²) in [5.74, 6) is 3.52. The molecular formula is C48H29BO2. The number of hydrogen-bond donors (Lipinski definition) is 0. The van der Waals surface area contributed by atoms with Gasteiger partial charge >= 0.3 is 0 Å². The van der Waals surface area contributed by atoms with Crippen molar-refractivity contribution < 1.29 is 9.47 Å². The van der Waals surface area contributed by atoms with Crippen LogP contribution < -0.4 is 25.9 Å². The zero-order valence-electron chi connectivity index (χ0n) is 27.6. The number of ether oxygens (including phenoxy) is 2. The van der Waals surface area contributed by atoms with Crippen molar-refractivity contribution in [2.45, 2.75) is 0 Å². The Morgan fingerprint density at radius 3 is 1.65 bits per heavy atom. The molecule has 0 unspecified atom stereocenters. The van der Waals surface area contributed by atoms with Crippen LogP contribution in [0, 0.1) is 0 Å². The van der Waals surface area contributed by atoms with Crippen molar-refractivity contribution in [3.05, 3.63) is 176 Å². The first kappa shape index (κ1) is 28.3. The summed E-state index contributed by atoms with van der Waals surface area (Å²) in [4.78, 5) is 0. The summed E-state index contributed by atoms with van der Waals surface area (Å²) in [5, 5.41) is 7.52. The van der Waals surface area contributed by atoms with Crippen LogP contribution in [0.15, 0.2) is 176 Å². The molecule has 236 valence electrons. The van der Waals surface area contributed by atoms with Gasteiger partial charge in [0.15, 0.2) is 0 Å². The molecule has 0 saturated heterocycles. The molecule has 3 heteroatoms. The van der Waals surface area contributed by atoms with Gasteiger partial charge in [-0.3, -0.25) is 0 Å². The third kappa shape index (κ3) is 4.25. The largest absolute Gasteiger partial charge is 0.458 e. The maximum Gasteiger partial charge on any atom is 0.260 e. The lowest BCUT2D eigenvalue weighted by Gasteiger charge is -2.32. The van der Waals surface area contributed by atoms with Gasteiger partial charge in [-0.15, -0.1) is 0 Å². The summed E-state index contributed by atoms with van der Waals surface area (Å²) < 4.78 is 13.0. The Balaban J connectivity index is 1.08. The Morgan fingerprint density at radius 1 is 0.333 bits per heavy atom. The van der Waals surface area contributed by atoms with E-state index in [0.717, 1.165) is 45.1 Å². The fourth-order valence-electron chi connectivity index (χ4n) is 8.58. The van der Waals surface area contributed by atoms with E-state index in [0.29, 0.717) is 0 Å². The lowest BCUT2D eigenvalue weighted by atomic mass is 9.35. The molecule has 2 heterocycles. The fourth-order valence-corrected chi connectivity index (χ4v) is 8.58. The van der Waals surface area contributed by atoms with Crippen LogP contribution in [-0.4, -0.2) is 6.71 Å². The molecule has 0 aromatic heterocycles. The Hall–Kier alpha value is -6.58. The second-order valence-electron chi connectivity index (χ2n) is 13.5. The summed E-state index contributed by atoms with van der Waals surface area (Å²) in [6, 6.07) is 63.3. The Labute approximate surface area is 296 Å². The molecule has 51 heavy (non-hydrogen) atoms. The molecule has 2 nitrogen and oxygen atoms in total. The lowest BCUT2D eigenvalue weighted by molar-refractivity contribution is 0.464. The van der Waals surface area contributed by atoms with Crippen LogP contribution in [0.4, 0.5) is 0 Å². The van der Waals surface area contributed by atoms with E-state index in [-0.39, 0.29) is 6.71 Å². The van der Waals surface area contributed by atoms with Gasteiger partial charge in [0.25, 0.3) is 6.71 Å². The van der Waals surface area contributed by atoms with E-state index < -0.39 is 0 Å². The molecule has 0 fully saturated rings. The van der Waals surface area contributed by atoms with Crippen LogP contribution in [0.2, 0.25) is 0 Å². The van der Waals surface area contributed by atoms with Gasteiger partial charge in [0.05, 0.1) is 0 Å². The van der Waals surface area contributed by atoms with Gasteiger partial charge in [-0.25, -0.2) is 0 Å². The predicted octanol–water partition coefficient (Wildman–Crippen LogP) is 10.9. The molecule has 9 aromatic rings. The molecule has 9 aromatic carbocycles. The predicted molar refractivity (Wildman–Crippen MR) is 213 cm³/mol. The Kier molecular flexibility index (Phi) is 6.08. The van der Waals surface area contributed by atoms with Gasteiger partial charge in [-0.05, 0) is 107 Å². The third-order valence-electron chi connectivity index (χ3n) is 10.8. The zero-order valence-corrected chi connectivity index (χ0v) is 27.6. The molecule has 0 radical (unpaired) electrons. The first-order valence-corrected chi connectivity index (χ1v) is 17.5. The standard InChI is InChI=1S/C48H29BO2/c1-2-16-34-30(12-1)13-10-21-35(34)47-38-19-5-3-17-36(38)46(37-18-4-6-20-39(37)47)33-15-9-14-31(28-33)32-26-27-41-45(29-32)51-44-25-11-24-43-48(44)49(41)40-22-7-8-23-42(40)50-43/h1-29H. The van der Waals surface area contributed by atoms with Crippen molar-refractivity contribution in [2.75, 3.05) is 0 Å². The highest BCUT2D eigenvalue weighted by Crippen LogP contribution is 2.46. The average Bonchev–Trinajstić information content (AvgIpc) is 3.19. The minimum absolute atomic E-state index is 0.0586. The van der Waals surface area contributed by atoms with E-state index >= 15 is 0 Å². The smallest absolute Gasteiger partial charge is 0.260 e. The van der Waals surface area contributed by atoms with Crippen LogP contribution in [-0.2, 0) is 0 Å². The highest BCUT2D eigenvalue weighted by atomic mass is 16.5. The van der Waals surface area contributed by atoms with Crippen LogP contribution in [0.3, 0.4) is 0 Å². The maximum absolute atomic E-state index is 6.64. The number of para-hydroxylation sites is 1. The van der Waals surface area contributed by atoms with Gasteiger partial charge in [-0.2, -0.15) is 0 Å². The molecule has 0 aliphatic carbocycles. The first-order valence-electron chi connectivity index (χ1n) is 17.5. The summed E-state index contributed by atoms with van der Waals surface area (Å²) in [5.41, 5.74) is 10.7. The molecule has 0 N–H and O–H groups in total. The Morgan fingerprint density at radius 2 is 0.863 bits per heavy atom. The molecule has 2 aliphatic heterocycles. The normalized spacial score (nSPS) is 12.6. The molecule has 0 bridgehead atoms. The lowest BCUT2D eigenvalue weighted by Crippen LogP contribution is -2.57. The highest BCUT2D eigenvalue weighted by Gasteiger charge is 2.39. The van der Waals surface area contributed by atoms with E-state index in [1.54, 1.807) is 0 Å². The Bertz CT molecular complexity index is 2830. The van der Waals surface area contributed by atoms with Crippen molar-refractivity contribution in [1.29, 1.82) is 0 Å². The molecule has 0 amide bonds. The van der Waals surface area contributed by atoms with Gasteiger partial charge in [0, 0.05) is 5.46 Å². The van der Waals surface area contributed by atoms with E-state index in [2.05, 4.69) is 158 Å². The number of rotatable bonds is 3. The summed E-state index contributed by atoms with van der Waals surface area (Å²) >= 11 is 0. The number of fused-ring (bicyclic) bond motifs is 7. The first-order chi connectivity index (χ1) is 25.3. The second kappa shape index (κ2) is 11.0. The van der Waals surface area contributed by atoms with Crippen LogP contribution in [0.1, 0.15) is 0 Å². The van der Waals surface area contributed by atoms with Crippen molar-refractivity contribution in [3.63, 3.8) is 0 Å². The highest BCUT2D eigenvalue weighted by molar-refractivity contribution is 6.98. The monoisotopic (exact) mass is 648 g/mol. The van der Waals surface area contributed by atoms with Gasteiger partial charge in [-0.1, -0.05) is 146 Å².